The molecule has 0 saturated carbocycles. The first-order valence-corrected chi connectivity index (χ1v) is 10.4. The number of carbonyl (C=O) groups excluding carboxylic acids is 2. The molecule has 0 unspecified atom stereocenters. The Morgan fingerprint density at radius 2 is 1.81 bits per heavy atom. The summed E-state index contributed by atoms with van der Waals surface area (Å²) in [6.07, 6.45) is 0.624. The number of ketones is 1. The second-order valence-electron chi connectivity index (χ2n) is 7.80. The Bertz CT molecular complexity index is 1160. The fourth-order valence-electron chi connectivity index (χ4n) is 4.52. The van der Waals surface area contributed by atoms with E-state index in [1.807, 2.05) is 6.07 Å². The van der Waals surface area contributed by atoms with Gasteiger partial charge in [0.15, 0.2) is 5.78 Å². The normalized spacial score (nSPS) is 20.5. The Morgan fingerprint density at radius 3 is 2.50 bits per heavy atom. The molecule has 0 bridgehead atoms. The van der Waals surface area contributed by atoms with Crippen LogP contribution in [-0.2, 0) is 9.59 Å². The van der Waals surface area contributed by atoms with E-state index in [4.69, 9.17) is 21.1 Å². The van der Waals surface area contributed by atoms with Gasteiger partial charge in [0.05, 0.1) is 19.1 Å². The molecule has 1 heterocycles. The summed E-state index contributed by atoms with van der Waals surface area (Å²) in [5.74, 6) is 0.0313. The Balaban J connectivity index is 1.77. The third-order valence-electron chi connectivity index (χ3n) is 5.98. The number of methoxy groups -OCH3 is 2. The summed E-state index contributed by atoms with van der Waals surface area (Å²) >= 11 is 6.34. The second kappa shape index (κ2) is 8.63. The molecule has 8 nitrogen and oxygen atoms in total. The zero-order valence-electron chi connectivity index (χ0n) is 17.5. The number of halogens is 1. The van der Waals surface area contributed by atoms with Crippen LogP contribution in [0.3, 0.4) is 0 Å². The topological polar surface area (TPSA) is 108 Å². The van der Waals surface area contributed by atoms with E-state index < -0.39 is 10.8 Å². The average molecular weight is 457 g/mol. The second-order valence-corrected chi connectivity index (χ2v) is 8.20. The van der Waals surface area contributed by atoms with E-state index in [9.17, 15) is 19.7 Å². The van der Waals surface area contributed by atoms with Crippen LogP contribution in [0.15, 0.2) is 47.7 Å². The van der Waals surface area contributed by atoms with Crippen LogP contribution >= 0.6 is 11.6 Å². The molecule has 9 heteroatoms. The minimum absolute atomic E-state index is 0.00138. The number of amides is 1. The van der Waals surface area contributed by atoms with E-state index in [0.717, 1.165) is 5.56 Å². The van der Waals surface area contributed by atoms with E-state index in [2.05, 4.69) is 5.32 Å². The maximum atomic E-state index is 13.3. The highest BCUT2D eigenvalue weighted by Crippen LogP contribution is 2.46. The lowest BCUT2D eigenvalue weighted by molar-refractivity contribution is -0.384. The highest BCUT2D eigenvalue weighted by Gasteiger charge is 2.40. The highest BCUT2D eigenvalue weighted by molar-refractivity contribution is 6.31. The van der Waals surface area contributed by atoms with Gasteiger partial charge in [-0.05, 0) is 36.2 Å². The monoisotopic (exact) mass is 456 g/mol. The standard InChI is InChI=1S/C23H21ClN2O6/c1-31-14-4-6-21(32-2)15(10-14)12-7-19-23(20(27)8-12)17(11-22(28)25-19)16-9-13(26(29)30)3-5-18(16)24/h3-6,9-10,12,17H,7-8,11H2,1-2H3,(H,25,28)/t12-,17-/m0/s1. The van der Waals surface area contributed by atoms with Gasteiger partial charge in [-0.3, -0.25) is 19.7 Å². The average Bonchev–Trinajstić information content (AvgIpc) is 2.77. The van der Waals surface area contributed by atoms with Crippen molar-refractivity contribution >= 4 is 29.0 Å². The third-order valence-corrected chi connectivity index (χ3v) is 6.32. The molecule has 32 heavy (non-hydrogen) atoms. The number of nitrogens with one attached hydrogen (secondary N) is 1. The number of nitro benzene ring substituents is 1. The quantitative estimate of drug-likeness (QED) is 0.531. The lowest BCUT2D eigenvalue weighted by atomic mass is 9.73. The number of hydrogen-bond acceptors (Lipinski definition) is 6. The molecule has 0 spiro atoms. The fourth-order valence-corrected chi connectivity index (χ4v) is 4.77. The Hall–Kier alpha value is -3.39. The number of carbonyl (C=O) groups is 2. The summed E-state index contributed by atoms with van der Waals surface area (Å²) in [5, 5.41) is 14.4. The molecule has 166 valence electrons. The van der Waals surface area contributed by atoms with Crippen LogP contribution in [0.4, 0.5) is 5.69 Å². The maximum Gasteiger partial charge on any atom is 0.269 e. The number of rotatable bonds is 5. The first-order chi connectivity index (χ1) is 15.3. The minimum atomic E-state index is -0.633. The smallest absolute Gasteiger partial charge is 0.269 e. The number of nitro groups is 1. The highest BCUT2D eigenvalue weighted by atomic mass is 35.5. The van der Waals surface area contributed by atoms with Gasteiger partial charge in [-0.1, -0.05) is 11.6 Å². The number of nitrogens with zero attached hydrogens (tertiary/aromatic N) is 1. The maximum absolute atomic E-state index is 13.3. The van der Waals surface area contributed by atoms with Crippen molar-refractivity contribution in [2.45, 2.75) is 31.1 Å². The number of Topliss-reactive ketones (excluding diaryl/α,β-unsaturated/α-hetero) is 1. The molecule has 2 atom stereocenters. The van der Waals surface area contributed by atoms with Crippen molar-refractivity contribution in [3.05, 3.63) is 73.9 Å². The first kappa shape index (κ1) is 21.8. The predicted molar refractivity (Wildman–Crippen MR) is 117 cm³/mol. The van der Waals surface area contributed by atoms with E-state index in [1.165, 1.54) is 18.2 Å². The van der Waals surface area contributed by atoms with Crippen molar-refractivity contribution in [3.63, 3.8) is 0 Å². The number of benzene rings is 2. The Kier molecular flexibility index (Phi) is 5.88. The lowest BCUT2D eigenvalue weighted by Gasteiger charge is -2.35. The number of hydrogen-bond donors (Lipinski definition) is 1. The summed E-state index contributed by atoms with van der Waals surface area (Å²) in [5.41, 5.74) is 2.08. The zero-order chi connectivity index (χ0) is 23.0. The van der Waals surface area contributed by atoms with Crippen LogP contribution in [0.2, 0.25) is 5.02 Å². The summed E-state index contributed by atoms with van der Waals surface area (Å²) in [6, 6.07) is 9.48. The molecule has 0 aromatic heterocycles. The van der Waals surface area contributed by atoms with Gasteiger partial charge in [0, 0.05) is 58.7 Å². The van der Waals surface area contributed by atoms with Gasteiger partial charge >= 0.3 is 0 Å². The largest absolute Gasteiger partial charge is 0.497 e. The van der Waals surface area contributed by atoms with Crippen molar-refractivity contribution < 1.29 is 24.0 Å². The molecule has 1 aliphatic carbocycles. The van der Waals surface area contributed by atoms with Crippen molar-refractivity contribution in [1.82, 2.24) is 5.32 Å². The van der Waals surface area contributed by atoms with Crippen LogP contribution in [-0.4, -0.2) is 30.8 Å². The number of allylic oxidation sites excluding steroid dienone is 2. The minimum Gasteiger partial charge on any atom is -0.497 e. The Morgan fingerprint density at radius 1 is 1.03 bits per heavy atom. The molecule has 0 fully saturated rings. The van der Waals surface area contributed by atoms with Gasteiger partial charge in [0.25, 0.3) is 5.69 Å². The molecule has 4 rings (SSSR count). The molecular formula is C23H21ClN2O6. The van der Waals surface area contributed by atoms with Gasteiger partial charge in [0.1, 0.15) is 11.5 Å². The molecule has 1 aliphatic heterocycles. The fraction of sp³-hybridized carbons (Fsp3) is 0.304. The van der Waals surface area contributed by atoms with E-state index in [-0.39, 0.29) is 41.2 Å². The van der Waals surface area contributed by atoms with E-state index in [0.29, 0.717) is 34.8 Å². The predicted octanol–water partition coefficient (Wildman–Crippen LogP) is 4.27. The molecule has 0 radical (unpaired) electrons. The zero-order valence-corrected chi connectivity index (χ0v) is 18.3. The van der Waals surface area contributed by atoms with Crippen LogP contribution < -0.4 is 14.8 Å². The van der Waals surface area contributed by atoms with E-state index >= 15 is 0 Å². The summed E-state index contributed by atoms with van der Waals surface area (Å²) in [6.45, 7) is 0. The van der Waals surface area contributed by atoms with Crippen LogP contribution in [0, 0.1) is 10.1 Å². The van der Waals surface area contributed by atoms with Crippen LogP contribution in [0.5, 0.6) is 11.5 Å². The van der Waals surface area contributed by atoms with Crippen molar-refractivity contribution in [3.8, 4) is 11.5 Å². The SMILES string of the molecule is COc1ccc(OC)c([C@@H]2CC(=O)C3=C(C2)NC(=O)C[C@H]3c2cc([N+](=O)[O-])ccc2Cl)c1. The molecular weight excluding hydrogens is 436 g/mol. The van der Waals surface area contributed by atoms with Crippen molar-refractivity contribution in [2.75, 3.05) is 14.2 Å². The molecule has 2 aliphatic rings. The van der Waals surface area contributed by atoms with Crippen LogP contribution in [0.25, 0.3) is 0 Å². The summed E-state index contributed by atoms with van der Waals surface area (Å²) in [4.78, 5) is 36.6. The molecule has 2 aromatic rings. The molecule has 1 N–H and O–H groups in total. The molecule has 0 saturated heterocycles. The van der Waals surface area contributed by atoms with Gasteiger partial charge in [-0.25, -0.2) is 0 Å². The van der Waals surface area contributed by atoms with Gasteiger partial charge in [0.2, 0.25) is 5.91 Å². The van der Waals surface area contributed by atoms with Gasteiger partial charge in [-0.15, -0.1) is 0 Å². The summed E-state index contributed by atoms with van der Waals surface area (Å²) in [7, 11) is 3.12. The third kappa shape index (κ3) is 3.93. The van der Waals surface area contributed by atoms with Gasteiger partial charge < -0.3 is 14.8 Å². The molecule has 2 aromatic carbocycles. The number of ether oxygens (including phenoxy) is 2. The Labute approximate surface area is 189 Å². The summed E-state index contributed by atoms with van der Waals surface area (Å²) < 4.78 is 10.8. The van der Waals surface area contributed by atoms with Crippen molar-refractivity contribution in [2.24, 2.45) is 0 Å². The number of non-ortho nitro benzene ring substituents is 1. The first-order valence-electron chi connectivity index (χ1n) is 10.0. The van der Waals surface area contributed by atoms with E-state index in [1.54, 1.807) is 26.4 Å². The molecule has 1 amide bonds. The van der Waals surface area contributed by atoms with Crippen LogP contribution in [0.1, 0.15) is 42.2 Å². The van der Waals surface area contributed by atoms with Gasteiger partial charge in [-0.2, -0.15) is 0 Å². The van der Waals surface area contributed by atoms with Crippen molar-refractivity contribution in [1.29, 1.82) is 0 Å². The lowest BCUT2D eigenvalue weighted by Crippen LogP contribution is -2.38.